The predicted octanol–water partition coefficient (Wildman–Crippen LogP) is 1.97. The Hall–Kier alpha value is -2.28. The second kappa shape index (κ2) is 6.45. The van der Waals surface area contributed by atoms with Gasteiger partial charge in [0.2, 0.25) is 11.8 Å². The first kappa shape index (κ1) is 15.6. The standard InChI is InChI=1S/C16H16FN3O2S/c17-11-5-3-10(4-6-11)16-19-12(9-23-16)8-14(21)20-7-1-2-13(20)15(18)22/h3-6,9,13H,1-2,7-8H2,(H2,18,22)/t13-/m1/s1. The first-order chi connectivity index (χ1) is 11.0. The van der Waals surface area contributed by atoms with Crippen LogP contribution in [0.5, 0.6) is 0 Å². The van der Waals surface area contributed by atoms with Gasteiger partial charge in [-0.3, -0.25) is 9.59 Å². The van der Waals surface area contributed by atoms with Gasteiger partial charge in [-0.2, -0.15) is 0 Å². The predicted molar refractivity (Wildman–Crippen MR) is 85.1 cm³/mol. The molecule has 3 rings (SSSR count). The van der Waals surface area contributed by atoms with Crippen LogP contribution in [0.4, 0.5) is 4.39 Å². The number of primary amides is 1. The molecular formula is C16H16FN3O2S. The average Bonchev–Trinajstić information content (AvgIpc) is 3.16. The molecule has 2 heterocycles. The van der Waals surface area contributed by atoms with Gasteiger partial charge in [0.25, 0.3) is 0 Å². The number of aromatic nitrogens is 1. The average molecular weight is 333 g/mol. The Morgan fingerprint density at radius 3 is 2.78 bits per heavy atom. The van der Waals surface area contributed by atoms with Crippen LogP contribution < -0.4 is 5.73 Å². The van der Waals surface area contributed by atoms with Gasteiger partial charge in [0.05, 0.1) is 12.1 Å². The Morgan fingerprint density at radius 1 is 1.35 bits per heavy atom. The molecule has 1 aliphatic rings. The van der Waals surface area contributed by atoms with Crippen molar-refractivity contribution in [1.29, 1.82) is 0 Å². The van der Waals surface area contributed by atoms with E-state index in [1.165, 1.54) is 23.5 Å². The Morgan fingerprint density at radius 2 is 2.09 bits per heavy atom. The first-order valence-electron chi connectivity index (χ1n) is 7.34. The van der Waals surface area contributed by atoms with Crippen LogP contribution in [0.3, 0.4) is 0 Å². The Kier molecular flexibility index (Phi) is 4.38. The van der Waals surface area contributed by atoms with E-state index < -0.39 is 11.9 Å². The molecule has 1 aromatic heterocycles. The molecule has 1 fully saturated rings. The highest BCUT2D eigenvalue weighted by Crippen LogP contribution is 2.25. The topological polar surface area (TPSA) is 76.3 Å². The molecular weight excluding hydrogens is 317 g/mol. The quantitative estimate of drug-likeness (QED) is 0.929. The third kappa shape index (κ3) is 3.39. The van der Waals surface area contributed by atoms with E-state index in [1.54, 1.807) is 17.0 Å². The summed E-state index contributed by atoms with van der Waals surface area (Å²) in [5, 5.41) is 2.55. The fourth-order valence-electron chi connectivity index (χ4n) is 2.73. The largest absolute Gasteiger partial charge is 0.368 e. The van der Waals surface area contributed by atoms with Gasteiger partial charge in [-0.15, -0.1) is 11.3 Å². The molecule has 2 amide bonds. The summed E-state index contributed by atoms with van der Waals surface area (Å²) < 4.78 is 12.9. The fourth-order valence-corrected chi connectivity index (χ4v) is 3.56. The van der Waals surface area contributed by atoms with Crippen LogP contribution in [0.15, 0.2) is 29.6 Å². The zero-order chi connectivity index (χ0) is 16.4. The monoisotopic (exact) mass is 333 g/mol. The lowest BCUT2D eigenvalue weighted by Gasteiger charge is -2.21. The summed E-state index contributed by atoms with van der Waals surface area (Å²) in [6.45, 7) is 0.557. The minimum atomic E-state index is -0.502. The number of hydrogen-bond acceptors (Lipinski definition) is 4. The van der Waals surface area contributed by atoms with Crippen LogP contribution in [-0.2, 0) is 16.0 Å². The molecule has 23 heavy (non-hydrogen) atoms. The number of hydrogen-bond donors (Lipinski definition) is 1. The molecule has 120 valence electrons. The number of thiazole rings is 1. The molecule has 0 saturated carbocycles. The lowest BCUT2D eigenvalue weighted by molar-refractivity contribution is -0.136. The van der Waals surface area contributed by atoms with Crippen LogP contribution >= 0.6 is 11.3 Å². The molecule has 2 N–H and O–H groups in total. The van der Waals surface area contributed by atoms with E-state index in [1.807, 2.05) is 5.38 Å². The van der Waals surface area contributed by atoms with Crippen molar-refractivity contribution in [3.63, 3.8) is 0 Å². The van der Waals surface area contributed by atoms with Crippen molar-refractivity contribution in [1.82, 2.24) is 9.88 Å². The minimum Gasteiger partial charge on any atom is -0.368 e. The van der Waals surface area contributed by atoms with E-state index >= 15 is 0 Å². The van der Waals surface area contributed by atoms with Gasteiger partial charge < -0.3 is 10.6 Å². The van der Waals surface area contributed by atoms with E-state index in [9.17, 15) is 14.0 Å². The molecule has 1 aromatic carbocycles. The molecule has 1 aliphatic heterocycles. The summed E-state index contributed by atoms with van der Waals surface area (Å²) in [5.74, 6) is -0.893. The maximum absolute atomic E-state index is 12.9. The molecule has 1 atom stereocenters. The number of likely N-dealkylation sites (tertiary alicyclic amines) is 1. The number of halogens is 1. The normalized spacial score (nSPS) is 17.4. The summed E-state index contributed by atoms with van der Waals surface area (Å²) in [6.07, 6.45) is 1.55. The van der Waals surface area contributed by atoms with Crippen LogP contribution in [0.2, 0.25) is 0 Å². The first-order valence-corrected chi connectivity index (χ1v) is 8.21. The number of nitrogens with zero attached hydrogens (tertiary/aromatic N) is 2. The van der Waals surface area contributed by atoms with E-state index in [4.69, 9.17) is 5.73 Å². The lowest BCUT2D eigenvalue weighted by Crippen LogP contribution is -2.44. The van der Waals surface area contributed by atoms with Crippen LogP contribution in [-0.4, -0.2) is 34.3 Å². The van der Waals surface area contributed by atoms with Crippen molar-refractivity contribution in [2.24, 2.45) is 5.73 Å². The van der Waals surface area contributed by atoms with Crippen LogP contribution in [0, 0.1) is 5.82 Å². The van der Waals surface area contributed by atoms with Gasteiger partial charge in [-0.1, -0.05) is 0 Å². The van der Waals surface area contributed by atoms with Crippen molar-refractivity contribution in [3.8, 4) is 10.6 Å². The summed E-state index contributed by atoms with van der Waals surface area (Å²) >= 11 is 1.40. The molecule has 0 bridgehead atoms. The highest BCUT2D eigenvalue weighted by Gasteiger charge is 2.32. The number of nitrogens with two attached hydrogens (primary N) is 1. The van der Waals surface area contributed by atoms with Crippen molar-refractivity contribution in [3.05, 3.63) is 41.2 Å². The number of rotatable bonds is 4. The molecule has 2 aromatic rings. The molecule has 1 saturated heterocycles. The Bertz CT molecular complexity index is 729. The van der Waals surface area contributed by atoms with E-state index in [0.717, 1.165) is 17.0 Å². The molecule has 0 radical (unpaired) electrons. The second-order valence-electron chi connectivity index (χ2n) is 5.48. The summed E-state index contributed by atoms with van der Waals surface area (Å²) in [5.41, 5.74) is 6.79. The highest BCUT2D eigenvalue weighted by atomic mass is 32.1. The number of carbonyl (C=O) groups excluding carboxylic acids is 2. The molecule has 7 heteroatoms. The maximum Gasteiger partial charge on any atom is 0.240 e. The molecule has 5 nitrogen and oxygen atoms in total. The van der Waals surface area contributed by atoms with Crippen molar-refractivity contribution in [2.75, 3.05) is 6.54 Å². The SMILES string of the molecule is NC(=O)[C@H]1CCCN1C(=O)Cc1csc(-c2ccc(F)cc2)n1. The van der Waals surface area contributed by atoms with Crippen molar-refractivity contribution >= 4 is 23.2 Å². The lowest BCUT2D eigenvalue weighted by atomic mass is 10.2. The van der Waals surface area contributed by atoms with Crippen LogP contribution in [0.25, 0.3) is 10.6 Å². The summed E-state index contributed by atoms with van der Waals surface area (Å²) in [7, 11) is 0. The van der Waals surface area contributed by atoms with Gasteiger partial charge in [-0.25, -0.2) is 9.37 Å². The minimum absolute atomic E-state index is 0.137. The third-order valence-electron chi connectivity index (χ3n) is 3.88. The fraction of sp³-hybridized carbons (Fsp3) is 0.312. The second-order valence-corrected chi connectivity index (χ2v) is 6.33. The molecule has 0 spiro atoms. The van der Waals surface area contributed by atoms with Crippen LogP contribution in [0.1, 0.15) is 18.5 Å². The van der Waals surface area contributed by atoms with Gasteiger partial charge in [-0.05, 0) is 37.1 Å². The number of carbonyl (C=O) groups is 2. The summed E-state index contributed by atoms with van der Waals surface area (Å²) in [6, 6.07) is 5.57. The maximum atomic E-state index is 12.9. The summed E-state index contributed by atoms with van der Waals surface area (Å²) in [4.78, 5) is 29.7. The molecule has 0 unspecified atom stereocenters. The Labute approximate surface area is 136 Å². The van der Waals surface area contributed by atoms with Crippen molar-refractivity contribution in [2.45, 2.75) is 25.3 Å². The van der Waals surface area contributed by atoms with Crippen molar-refractivity contribution < 1.29 is 14.0 Å². The number of benzene rings is 1. The van der Waals surface area contributed by atoms with Gasteiger partial charge in [0.15, 0.2) is 0 Å². The van der Waals surface area contributed by atoms with E-state index in [-0.39, 0.29) is 18.1 Å². The molecule has 0 aliphatic carbocycles. The Balaban J connectivity index is 1.70. The van der Waals surface area contributed by atoms with Gasteiger partial charge in [0, 0.05) is 17.5 Å². The van der Waals surface area contributed by atoms with Gasteiger partial charge in [0.1, 0.15) is 16.9 Å². The zero-order valence-corrected chi connectivity index (χ0v) is 13.2. The highest BCUT2D eigenvalue weighted by molar-refractivity contribution is 7.13. The number of amides is 2. The third-order valence-corrected chi connectivity index (χ3v) is 4.82. The van der Waals surface area contributed by atoms with Gasteiger partial charge >= 0.3 is 0 Å². The smallest absolute Gasteiger partial charge is 0.240 e. The van der Waals surface area contributed by atoms with E-state index in [2.05, 4.69) is 4.98 Å². The van der Waals surface area contributed by atoms with E-state index in [0.29, 0.717) is 18.7 Å². The zero-order valence-electron chi connectivity index (χ0n) is 12.4.